The molecule has 1 aliphatic rings. The number of carbonyl (C=O) groups is 2. The molecule has 0 spiro atoms. The number of carboxylic acid groups (broad SMARTS) is 1. The minimum Gasteiger partial charge on any atom is -0.486 e. The highest BCUT2D eigenvalue weighted by Crippen LogP contribution is 2.19. The first kappa shape index (κ1) is 18.8. The number of nitrogens with zero attached hydrogens (tertiary/aromatic N) is 1. The van der Waals surface area contributed by atoms with Crippen molar-refractivity contribution in [2.75, 3.05) is 13.2 Å². The van der Waals surface area contributed by atoms with E-state index in [1.807, 2.05) is 12.1 Å². The molecule has 0 saturated carbocycles. The van der Waals surface area contributed by atoms with E-state index in [9.17, 15) is 9.59 Å². The van der Waals surface area contributed by atoms with Gasteiger partial charge in [-0.25, -0.2) is 4.79 Å². The first-order valence-electron chi connectivity index (χ1n) is 8.88. The molecule has 142 valence electrons. The van der Waals surface area contributed by atoms with Gasteiger partial charge in [0.1, 0.15) is 11.9 Å². The summed E-state index contributed by atoms with van der Waals surface area (Å²) in [4.78, 5) is 27.2. The Balaban J connectivity index is 1.54. The van der Waals surface area contributed by atoms with E-state index in [-0.39, 0.29) is 23.6 Å². The lowest BCUT2D eigenvalue weighted by Gasteiger charge is -2.32. The molecule has 2 N–H and O–H groups in total. The third-order valence-electron chi connectivity index (χ3n) is 4.43. The van der Waals surface area contributed by atoms with E-state index in [1.165, 1.54) is 12.1 Å². The zero-order valence-corrected chi connectivity index (χ0v) is 14.8. The maximum atomic E-state index is 12.3. The highest BCUT2D eigenvalue weighted by Gasteiger charge is 2.29. The largest absolute Gasteiger partial charge is 0.486 e. The lowest BCUT2D eigenvalue weighted by Crippen LogP contribution is -2.51. The Morgan fingerprint density at radius 2 is 1.93 bits per heavy atom. The average molecular weight is 370 g/mol. The molecule has 1 aromatic heterocycles. The van der Waals surface area contributed by atoms with Crippen LogP contribution in [0.15, 0.2) is 48.8 Å². The van der Waals surface area contributed by atoms with Gasteiger partial charge in [-0.3, -0.25) is 9.78 Å². The third kappa shape index (κ3) is 5.52. The number of rotatable bonds is 7. The molecule has 0 radical (unpaired) electrons. The van der Waals surface area contributed by atoms with Gasteiger partial charge in [-0.15, -0.1) is 0 Å². The van der Waals surface area contributed by atoms with Crippen molar-refractivity contribution < 1.29 is 24.2 Å². The Labute approximate surface area is 157 Å². The zero-order chi connectivity index (χ0) is 19.1. The number of pyridine rings is 1. The van der Waals surface area contributed by atoms with Crippen molar-refractivity contribution >= 4 is 11.9 Å². The predicted molar refractivity (Wildman–Crippen MR) is 97.7 cm³/mol. The summed E-state index contributed by atoms with van der Waals surface area (Å²) in [6, 6.07) is 9.85. The molecule has 7 nitrogen and oxygen atoms in total. The van der Waals surface area contributed by atoms with Crippen LogP contribution in [-0.4, -0.2) is 47.3 Å². The monoisotopic (exact) mass is 370 g/mol. The van der Waals surface area contributed by atoms with Gasteiger partial charge in [-0.05, 0) is 54.8 Å². The quantitative estimate of drug-likeness (QED) is 0.774. The van der Waals surface area contributed by atoms with E-state index in [1.54, 1.807) is 24.5 Å². The topological polar surface area (TPSA) is 97.8 Å². The Hall–Kier alpha value is -2.93. The van der Waals surface area contributed by atoms with Gasteiger partial charge in [-0.1, -0.05) is 0 Å². The first-order valence-corrected chi connectivity index (χ1v) is 8.88. The second-order valence-corrected chi connectivity index (χ2v) is 6.38. The molecule has 0 aliphatic carbocycles. The minimum absolute atomic E-state index is 0.0338. The SMILES string of the molecule is O=C(CCc1ccncc1)N[C@@H]1CCOC[C@H]1Oc1ccc(C(=O)O)cc1. The number of aromatic carboxylic acids is 1. The van der Waals surface area contributed by atoms with Gasteiger partial charge in [-0.2, -0.15) is 0 Å². The molecule has 27 heavy (non-hydrogen) atoms. The summed E-state index contributed by atoms with van der Waals surface area (Å²) in [5.74, 6) is -0.470. The van der Waals surface area contributed by atoms with Crippen LogP contribution in [0.3, 0.4) is 0 Å². The molecule has 2 aromatic rings. The van der Waals surface area contributed by atoms with Crippen molar-refractivity contribution in [2.24, 2.45) is 0 Å². The van der Waals surface area contributed by atoms with E-state index in [4.69, 9.17) is 14.6 Å². The summed E-state index contributed by atoms with van der Waals surface area (Å²) in [6.45, 7) is 0.934. The van der Waals surface area contributed by atoms with Crippen LogP contribution in [-0.2, 0) is 16.0 Å². The lowest BCUT2D eigenvalue weighted by atomic mass is 10.0. The molecule has 1 fully saturated rings. The molecule has 0 unspecified atom stereocenters. The first-order chi connectivity index (χ1) is 13.1. The van der Waals surface area contributed by atoms with Crippen molar-refractivity contribution in [1.82, 2.24) is 10.3 Å². The number of amides is 1. The van der Waals surface area contributed by atoms with E-state index in [0.29, 0.717) is 38.2 Å². The molecular weight excluding hydrogens is 348 g/mol. The third-order valence-corrected chi connectivity index (χ3v) is 4.43. The van der Waals surface area contributed by atoms with Gasteiger partial charge in [0, 0.05) is 25.4 Å². The smallest absolute Gasteiger partial charge is 0.335 e. The highest BCUT2D eigenvalue weighted by molar-refractivity contribution is 5.87. The summed E-state index contributed by atoms with van der Waals surface area (Å²) < 4.78 is 11.4. The van der Waals surface area contributed by atoms with Crippen LogP contribution < -0.4 is 10.1 Å². The minimum atomic E-state index is -0.984. The number of ether oxygens (including phenoxy) is 2. The number of aryl methyl sites for hydroxylation is 1. The van der Waals surface area contributed by atoms with Crippen molar-refractivity contribution in [3.8, 4) is 5.75 Å². The summed E-state index contributed by atoms with van der Waals surface area (Å²) in [7, 11) is 0. The van der Waals surface area contributed by atoms with E-state index < -0.39 is 5.97 Å². The Bertz CT molecular complexity index is 764. The second kappa shape index (κ2) is 9.14. The van der Waals surface area contributed by atoms with Crippen LogP contribution in [0.1, 0.15) is 28.8 Å². The molecule has 1 aliphatic heterocycles. The summed E-state index contributed by atoms with van der Waals surface area (Å²) in [6.07, 6.45) is 4.82. The van der Waals surface area contributed by atoms with Gasteiger partial charge < -0.3 is 19.9 Å². The molecule has 1 aromatic carbocycles. The highest BCUT2D eigenvalue weighted by atomic mass is 16.5. The molecule has 7 heteroatoms. The lowest BCUT2D eigenvalue weighted by molar-refractivity contribution is -0.123. The zero-order valence-electron chi connectivity index (χ0n) is 14.8. The standard InChI is InChI=1S/C20H22N2O5/c23-19(6-1-14-7-10-21-11-8-14)22-17-9-12-26-13-18(17)27-16-4-2-15(3-5-16)20(24)25/h2-5,7-8,10-11,17-18H,1,6,9,12-13H2,(H,22,23)(H,24,25)/t17-,18-/m1/s1. The fourth-order valence-corrected chi connectivity index (χ4v) is 2.93. The van der Waals surface area contributed by atoms with Gasteiger partial charge in [0.15, 0.2) is 0 Å². The maximum Gasteiger partial charge on any atom is 0.335 e. The van der Waals surface area contributed by atoms with Crippen molar-refractivity contribution in [2.45, 2.75) is 31.4 Å². The fraction of sp³-hybridized carbons (Fsp3) is 0.350. The van der Waals surface area contributed by atoms with Crippen LogP contribution in [0, 0.1) is 0 Å². The van der Waals surface area contributed by atoms with E-state index >= 15 is 0 Å². The molecule has 2 heterocycles. The van der Waals surface area contributed by atoms with Crippen LogP contribution >= 0.6 is 0 Å². The summed E-state index contributed by atoms with van der Waals surface area (Å²) >= 11 is 0. The normalized spacial score (nSPS) is 19.3. The van der Waals surface area contributed by atoms with Crippen molar-refractivity contribution in [1.29, 1.82) is 0 Å². The van der Waals surface area contributed by atoms with Crippen LogP contribution in [0.4, 0.5) is 0 Å². The average Bonchev–Trinajstić information content (AvgIpc) is 2.69. The Kier molecular flexibility index (Phi) is 6.38. The van der Waals surface area contributed by atoms with Gasteiger partial charge in [0.25, 0.3) is 0 Å². The molecule has 1 amide bonds. The fourth-order valence-electron chi connectivity index (χ4n) is 2.93. The Morgan fingerprint density at radius 3 is 2.63 bits per heavy atom. The molecule has 2 atom stereocenters. The summed E-state index contributed by atoms with van der Waals surface area (Å²) in [5.41, 5.74) is 1.27. The summed E-state index contributed by atoms with van der Waals surface area (Å²) in [5, 5.41) is 12.0. The van der Waals surface area contributed by atoms with Crippen molar-refractivity contribution in [3.63, 3.8) is 0 Å². The number of hydrogen-bond acceptors (Lipinski definition) is 5. The maximum absolute atomic E-state index is 12.3. The number of nitrogens with one attached hydrogen (secondary N) is 1. The number of hydrogen-bond donors (Lipinski definition) is 2. The van der Waals surface area contributed by atoms with Crippen LogP contribution in [0.2, 0.25) is 0 Å². The number of aromatic nitrogens is 1. The van der Waals surface area contributed by atoms with Crippen LogP contribution in [0.25, 0.3) is 0 Å². The second-order valence-electron chi connectivity index (χ2n) is 6.38. The molecule has 3 rings (SSSR count). The van der Waals surface area contributed by atoms with Gasteiger partial charge in [0.2, 0.25) is 5.91 Å². The molecule has 1 saturated heterocycles. The Morgan fingerprint density at radius 1 is 1.19 bits per heavy atom. The number of carbonyl (C=O) groups excluding carboxylic acids is 1. The predicted octanol–water partition coefficient (Wildman–Crippen LogP) is 2.07. The van der Waals surface area contributed by atoms with E-state index in [0.717, 1.165) is 5.56 Å². The van der Waals surface area contributed by atoms with Gasteiger partial charge >= 0.3 is 5.97 Å². The number of carboxylic acids is 1. The van der Waals surface area contributed by atoms with Gasteiger partial charge in [0.05, 0.1) is 18.2 Å². The number of benzene rings is 1. The van der Waals surface area contributed by atoms with E-state index in [2.05, 4.69) is 10.3 Å². The van der Waals surface area contributed by atoms with Crippen LogP contribution in [0.5, 0.6) is 5.75 Å². The van der Waals surface area contributed by atoms with Crippen molar-refractivity contribution in [3.05, 3.63) is 59.9 Å². The molecular formula is C20H22N2O5. The molecule has 0 bridgehead atoms.